The van der Waals surface area contributed by atoms with Crippen molar-refractivity contribution in [1.29, 1.82) is 0 Å². The van der Waals surface area contributed by atoms with Crippen molar-refractivity contribution >= 4 is 23.7 Å². The van der Waals surface area contributed by atoms with Crippen LogP contribution in [0.3, 0.4) is 0 Å². The first-order chi connectivity index (χ1) is 32.3. The quantitative estimate of drug-likeness (QED) is 0.0764. The number of esters is 3. The third-order valence-electron chi connectivity index (χ3n) is 16.2. The van der Waals surface area contributed by atoms with E-state index in [0.29, 0.717) is 36.2 Å². The van der Waals surface area contributed by atoms with Gasteiger partial charge >= 0.3 is 17.9 Å². The lowest BCUT2D eigenvalue weighted by Gasteiger charge is -2.58. The molecule has 13 atom stereocenters. The Balaban J connectivity index is 0.991. The van der Waals surface area contributed by atoms with Crippen LogP contribution in [-0.2, 0) is 28.5 Å². The lowest BCUT2D eigenvalue weighted by molar-refractivity contribution is -0.303. The minimum Gasteiger partial charge on any atom is -0.497 e. The Hall–Kier alpha value is -5.78. The van der Waals surface area contributed by atoms with E-state index in [9.17, 15) is 19.2 Å². The van der Waals surface area contributed by atoms with Crippen molar-refractivity contribution in [3.63, 3.8) is 0 Å². The molecule has 0 aromatic heterocycles. The SMILES string of the molecule is COc1ccc(OC)c([C@@H]2C[C@H]3[C@@H]4CC=C5C[C@@H](O[C@H]6O[C@@H](C)[C@@H](OC(=O)c7ccccc7)[C@@H](OC(=O)c7ccccc7)[C@@H]6OC(=O)c6ccccc6)CC[C@]5(C)[C@H]4CC[C@]3(C)[C@H]2C(C)=O)c1. The van der Waals surface area contributed by atoms with E-state index in [2.05, 4.69) is 26.0 Å². The largest absolute Gasteiger partial charge is 0.497 e. The summed E-state index contributed by atoms with van der Waals surface area (Å²) >= 11 is 0. The molecule has 1 heterocycles. The molecule has 0 amide bonds. The fourth-order valence-corrected chi connectivity index (χ4v) is 13.0. The number of benzene rings is 4. The summed E-state index contributed by atoms with van der Waals surface area (Å²) in [6, 6.07) is 31.6. The summed E-state index contributed by atoms with van der Waals surface area (Å²) in [4.78, 5) is 55.2. The van der Waals surface area contributed by atoms with E-state index in [-0.39, 0.29) is 45.7 Å². The molecule has 0 spiro atoms. The smallest absolute Gasteiger partial charge is 0.338 e. The Labute approximate surface area is 393 Å². The normalized spacial score (nSPS) is 33.1. The van der Waals surface area contributed by atoms with Crippen molar-refractivity contribution in [1.82, 2.24) is 0 Å². The highest BCUT2D eigenvalue weighted by Gasteiger charge is 2.63. The number of ketones is 1. The summed E-state index contributed by atoms with van der Waals surface area (Å²) < 4.78 is 43.7. The minimum absolute atomic E-state index is 0.0256. The van der Waals surface area contributed by atoms with Crippen LogP contribution in [0.4, 0.5) is 0 Å². The second kappa shape index (κ2) is 19.1. The third-order valence-corrected chi connectivity index (χ3v) is 16.2. The molecule has 4 aromatic carbocycles. The molecule has 4 aliphatic carbocycles. The van der Waals surface area contributed by atoms with Gasteiger partial charge in [0, 0.05) is 11.5 Å². The van der Waals surface area contributed by atoms with Crippen LogP contribution in [0.2, 0.25) is 0 Å². The maximum atomic E-state index is 13.9. The molecular weight excluding hydrogens is 849 g/mol. The number of Topliss-reactive ketones (excluding diaryl/α,β-unsaturated/α-hetero) is 1. The average Bonchev–Trinajstić information content (AvgIpc) is 3.67. The van der Waals surface area contributed by atoms with Gasteiger partial charge in [-0.2, -0.15) is 0 Å². The van der Waals surface area contributed by atoms with Gasteiger partial charge < -0.3 is 33.2 Å². The molecule has 9 rings (SSSR count). The van der Waals surface area contributed by atoms with E-state index < -0.39 is 48.6 Å². The Morgan fingerprint density at radius 1 is 0.672 bits per heavy atom. The van der Waals surface area contributed by atoms with Crippen LogP contribution in [0.1, 0.15) is 115 Å². The van der Waals surface area contributed by atoms with Crippen molar-refractivity contribution in [2.75, 3.05) is 14.2 Å². The number of methoxy groups -OCH3 is 2. The van der Waals surface area contributed by atoms with Gasteiger partial charge in [0.1, 0.15) is 17.3 Å². The molecule has 4 fully saturated rings. The summed E-state index contributed by atoms with van der Waals surface area (Å²) in [5.74, 6) is 0.894. The first-order valence-electron chi connectivity index (χ1n) is 23.8. The number of ether oxygens (including phenoxy) is 7. The maximum absolute atomic E-state index is 13.9. The van der Waals surface area contributed by atoms with Crippen LogP contribution < -0.4 is 9.47 Å². The molecule has 1 saturated heterocycles. The van der Waals surface area contributed by atoms with Gasteiger partial charge in [0.15, 0.2) is 24.6 Å². The predicted molar refractivity (Wildman–Crippen MR) is 250 cm³/mol. The highest BCUT2D eigenvalue weighted by Crippen LogP contribution is 2.69. The number of hydrogen-bond acceptors (Lipinski definition) is 11. The monoisotopic (exact) mass is 910 g/mol. The standard InChI is InChI=1S/C56H62O11/c1-33(57)47-43(42-31-39(61-5)23-25-46(42)62-6)32-45-41-24-22-38-30-40(26-28-55(38,3)44(41)27-29-56(45,47)4)64-54-50(67-53(60)37-20-14-9-15-21-37)49(66-52(59)36-18-12-8-13-19-36)48(34(2)63-54)65-51(58)35-16-10-7-11-17-35/h7-23,25,31,34,40-41,43-45,47-50,54H,24,26-30,32H2,1-6H3/t34-,40-,41+,43-,44-,45-,47-,48+,49+,50-,54+,55-,56-/m0/s1. The van der Waals surface area contributed by atoms with Gasteiger partial charge in [0.2, 0.25) is 0 Å². The van der Waals surface area contributed by atoms with Gasteiger partial charge in [-0.05, 0) is 148 Å². The van der Waals surface area contributed by atoms with Gasteiger partial charge in [-0.1, -0.05) is 80.1 Å². The Bertz CT molecular complexity index is 2470. The summed E-state index contributed by atoms with van der Waals surface area (Å²) in [6.07, 6.45) is 2.40. The molecule has 0 bridgehead atoms. The summed E-state index contributed by atoms with van der Waals surface area (Å²) in [5, 5.41) is 0. The molecular formula is C56H62O11. The highest BCUT2D eigenvalue weighted by atomic mass is 16.7. The lowest BCUT2D eigenvalue weighted by atomic mass is 9.47. The summed E-state index contributed by atoms with van der Waals surface area (Å²) in [6.45, 7) is 8.29. The number of carbonyl (C=O) groups is 4. The van der Waals surface area contributed by atoms with E-state index in [1.165, 1.54) is 5.57 Å². The number of carbonyl (C=O) groups excluding carboxylic acids is 4. The zero-order valence-corrected chi connectivity index (χ0v) is 39.3. The van der Waals surface area contributed by atoms with Gasteiger partial charge in [0.05, 0.1) is 43.1 Å². The number of fused-ring (bicyclic) bond motifs is 5. The van der Waals surface area contributed by atoms with Crippen LogP contribution in [0.15, 0.2) is 121 Å². The van der Waals surface area contributed by atoms with Crippen LogP contribution in [0.5, 0.6) is 11.5 Å². The molecule has 0 N–H and O–H groups in total. The Morgan fingerprint density at radius 2 is 1.25 bits per heavy atom. The number of allylic oxidation sites excluding steroid dienone is 1. The van der Waals surface area contributed by atoms with Crippen molar-refractivity contribution in [3.05, 3.63) is 143 Å². The summed E-state index contributed by atoms with van der Waals surface area (Å²) in [5.41, 5.74) is 3.05. The first-order valence-corrected chi connectivity index (χ1v) is 23.8. The summed E-state index contributed by atoms with van der Waals surface area (Å²) in [7, 11) is 3.37. The molecule has 1 aliphatic heterocycles. The lowest BCUT2D eigenvalue weighted by Crippen LogP contribution is -2.62. The van der Waals surface area contributed by atoms with Crippen molar-refractivity contribution in [2.45, 2.75) is 115 Å². The van der Waals surface area contributed by atoms with E-state index in [1.54, 1.807) is 119 Å². The predicted octanol–water partition coefficient (Wildman–Crippen LogP) is 10.4. The van der Waals surface area contributed by atoms with E-state index in [4.69, 9.17) is 33.2 Å². The van der Waals surface area contributed by atoms with Crippen molar-refractivity contribution in [3.8, 4) is 11.5 Å². The first kappa shape index (κ1) is 46.3. The van der Waals surface area contributed by atoms with Crippen LogP contribution in [0.25, 0.3) is 0 Å². The second-order valence-corrected chi connectivity index (χ2v) is 19.8. The van der Waals surface area contributed by atoms with Gasteiger partial charge in [-0.25, -0.2) is 14.4 Å². The molecule has 3 saturated carbocycles. The van der Waals surface area contributed by atoms with Crippen LogP contribution in [0, 0.1) is 34.5 Å². The average molecular weight is 911 g/mol. The zero-order valence-electron chi connectivity index (χ0n) is 39.3. The molecule has 0 unspecified atom stereocenters. The minimum atomic E-state index is -1.31. The van der Waals surface area contributed by atoms with Crippen molar-refractivity contribution < 1.29 is 52.3 Å². The molecule has 352 valence electrons. The van der Waals surface area contributed by atoms with Crippen molar-refractivity contribution in [2.24, 2.45) is 34.5 Å². The van der Waals surface area contributed by atoms with E-state index in [1.807, 2.05) is 12.1 Å². The fraction of sp³-hybridized carbons (Fsp3) is 0.464. The molecule has 67 heavy (non-hydrogen) atoms. The molecule has 5 aliphatic rings. The van der Waals surface area contributed by atoms with Gasteiger partial charge in [0.25, 0.3) is 0 Å². The second-order valence-electron chi connectivity index (χ2n) is 19.8. The number of hydrogen-bond donors (Lipinski definition) is 0. The maximum Gasteiger partial charge on any atom is 0.338 e. The Kier molecular flexibility index (Phi) is 13.2. The van der Waals surface area contributed by atoms with Gasteiger partial charge in [-0.3, -0.25) is 4.79 Å². The van der Waals surface area contributed by atoms with Crippen LogP contribution >= 0.6 is 0 Å². The molecule has 11 nitrogen and oxygen atoms in total. The Morgan fingerprint density at radius 3 is 1.82 bits per heavy atom. The zero-order chi connectivity index (χ0) is 47.0. The molecule has 0 radical (unpaired) electrons. The van der Waals surface area contributed by atoms with Crippen LogP contribution in [-0.4, -0.2) is 74.7 Å². The highest BCUT2D eigenvalue weighted by molar-refractivity contribution is 5.91. The topological polar surface area (TPSA) is 133 Å². The van der Waals surface area contributed by atoms with E-state index in [0.717, 1.165) is 49.2 Å². The third kappa shape index (κ3) is 8.81. The molecule has 4 aromatic rings. The molecule has 11 heteroatoms. The number of rotatable bonds is 12. The van der Waals surface area contributed by atoms with Gasteiger partial charge in [-0.15, -0.1) is 0 Å². The van der Waals surface area contributed by atoms with E-state index >= 15 is 0 Å². The fourth-order valence-electron chi connectivity index (χ4n) is 13.0.